The minimum atomic E-state index is 0.208. The summed E-state index contributed by atoms with van der Waals surface area (Å²) in [6.07, 6.45) is 3.28. The summed E-state index contributed by atoms with van der Waals surface area (Å²) in [6, 6.07) is 0. The molecule has 0 aromatic carbocycles. The summed E-state index contributed by atoms with van der Waals surface area (Å²) in [5.41, 5.74) is 12.2. The molecular formula is C6H10N4O. The molecule has 0 radical (unpaired) electrons. The summed E-state index contributed by atoms with van der Waals surface area (Å²) >= 11 is 0. The van der Waals surface area contributed by atoms with E-state index in [1.165, 1.54) is 0 Å². The summed E-state index contributed by atoms with van der Waals surface area (Å²) in [6.45, 7) is 4.36. The maximum absolute atomic E-state index is 10.7. The van der Waals surface area contributed by atoms with Gasteiger partial charge in [0.25, 0.3) is 0 Å². The molecular weight excluding hydrogens is 144 g/mol. The van der Waals surface area contributed by atoms with Gasteiger partial charge in [0, 0.05) is 13.0 Å². The van der Waals surface area contributed by atoms with E-state index in [1.807, 2.05) is 0 Å². The van der Waals surface area contributed by atoms with Crippen molar-refractivity contribution < 1.29 is 4.79 Å². The molecule has 5 nitrogen and oxygen atoms in total. The molecule has 0 saturated carbocycles. The van der Waals surface area contributed by atoms with Crippen LogP contribution in [0.15, 0.2) is 12.8 Å². The Labute approximate surface area is 64.7 Å². The maximum atomic E-state index is 10.7. The molecule has 0 unspecified atom stereocenters. The van der Waals surface area contributed by atoms with Gasteiger partial charge < -0.3 is 4.90 Å². The van der Waals surface area contributed by atoms with E-state index in [1.54, 1.807) is 16.0 Å². The third-order valence-corrected chi connectivity index (χ3v) is 1.33. The molecule has 1 aliphatic rings. The van der Waals surface area contributed by atoms with E-state index in [0.717, 1.165) is 13.0 Å². The van der Waals surface area contributed by atoms with E-state index >= 15 is 0 Å². The molecule has 0 aromatic heterocycles. The number of hydrogen-bond acceptors (Lipinski definition) is 2. The van der Waals surface area contributed by atoms with E-state index in [0.29, 0.717) is 6.42 Å². The molecule has 1 fully saturated rings. The lowest BCUT2D eigenvalue weighted by Crippen LogP contribution is -2.16. The molecule has 60 valence electrons. The van der Waals surface area contributed by atoms with Crippen molar-refractivity contribution in [3.63, 3.8) is 0 Å². The first-order chi connectivity index (χ1) is 5.26. The Bertz CT molecular complexity index is 183. The van der Waals surface area contributed by atoms with Crippen LogP contribution in [-0.4, -0.2) is 17.4 Å². The molecule has 1 aliphatic heterocycles. The highest BCUT2D eigenvalue weighted by Crippen LogP contribution is 2.08. The first-order valence-corrected chi connectivity index (χ1v) is 3.19. The fourth-order valence-corrected chi connectivity index (χ4v) is 0.862. The van der Waals surface area contributed by atoms with Gasteiger partial charge in [0.1, 0.15) is 0 Å². The quantitative estimate of drug-likeness (QED) is 0.347. The minimum Gasteiger partial charge on any atom is -0.320 e. The van der Waals surface area contributed by atoms with Crippen molar-refractivity contribution in [1.29, 1.82) is 5.53 Å². The second-order valence-corrected chi connectivity index (χ2v) is 1.97. The zero-order chi connectivity index (χ0) is 8.69. The summed E-state index contributed by atoms with van der Waals surface area (Å²) in [7, 11) is 0. The molecule has 0 aromatic rings. The van der Waals surface area contributed by atoms with Gasteiger partial charge in [-0.25, -0.2) is 0 Å². The molecule has 1 N–H and O–H groups in total. The molecule has 1 rings (SSSR count). The Morgan fingerprint density at radius 3 is 2.55 bits per heavy atom. The molecule has 11 heavy (non-hydrogen) atoms. The average Bonchev–Trinajstić information content (AvgIpc) is 2.36. The first-order valence-electron chi connectivity index (χ1n) is 3.19. The van der Waals surface area contributed by atoms with E-state index in [9.17, 15) is 4.79 Å². The summed E-state index contributed by atoms with van der Waals surface area (Å²) in [5.74, 6) is 0.208. The van der Waals surface area contributed by atoms with E-state index in [2.05, 4.69) is 6.58 Å². The van der Waals surface area contributed by atoms with Gasteiger partial charge in [0.15, 0.2) is 0 Å². The molecule has 0 aliphatic carbocycles. The zero-order valence-corrected chi connectivity index (χ0v) is 6.16. The third-order valence-electron chi connectivity index (χ3n) is 1.33. The molecule has 1 heterocycles. The largest absolute Gasteiger partial charge is 0.320 e. The van der Waals surface area contributed by atoms with Gasteiger partial charge in [0.05, 0.1) is 0 Å². The van der Waals surface area contributed by atoms with Crippen molar-refractivity contribution >= 4 is 5.91 Å². The lowest BCUT2D eigenvalue weighted by molar-refractivity contribution is -0.125. The fourth-order valence-electron chi connectivity index (χ4n) is 0.862. The van der Waals surface area contributed by atoms with Gasteiger partial charge >= 0.3 is 0 Å². The number of nitrogens with one attached hydrogen (secondary N) is 1. The van der Waals surface area contributed by atoms with Gasteiger partial charge in [-0.15, -0.1) is 5.53 Å². The number of hydrogen-bond donors (Lipinski definition) is 1. The van der Waals surface area contributed by atoms with Crippen molar-refractivity contribution in [2.75, 3.05) is 6.54 Å². The van der Waals surface area contributed by atoms with Crippen LogP contribution in [-0.2, 0) is 4.79 Å². The molecule has 0 spiro atoms. The van der Waals surface area contributed by atoms with Crippen LogP contribution < -0.4 is 0 Å². The number of carbonyl (C=O) groups excluding carboxylic acids is 1. The Kier molecular flexibility index (Phi) is 4.60. The number of amides is 1. The van der Waals surface area contributed by atoms with Crippen LogP contribution in [0.1, 0.15) is 12.8 Å². The monoisotopic (exact) mass is 154 g/mol. The number of likely N-dealkylation sites (tertiary alicyclic amines) is 1. The van der Waals surface area contributed by atoms with Crippen molar-refractivity contribution in [2.45, 2.75) is 12.8 Å². The SMILES string of the molecule is C=CN1CCCC1=O.[N-]=[N+]=N. The minimum absolute atomic E-state index is 0.208. The summed E-state index contributed by atoms with van der Waals surface area (Å²) < 4.78 is 0. The normalized spacial score (nSPS) is 14.9. The number of carbonyl (C=O) groups is 1. The molecule has 1 saturated heterocycles. The van der Waals surface area contributed by atoms with Gasteiger partial charge in [-0.1, -0.05) is 6.58 Å². The highest BCUT2D eigenvalue weighted by molar-refractivity contribution is 5.78. The molecule has 1 amide bonds. The van der Waals surface area contributed by atoms with E-state index in [4.69, 9.17) is 11.1 Å². The van der Waals surface area contributed by atoms with Crippen molar-refractivity contribution in [2.24, 2.45) is 0 Å². The van der Waals surface area contributed by atoms with Crippen LogP contribution in [0.2, 0.25) is 0 Å². The molecule has 0 atom stereocenters. The second-order valence-electron chi connectivity index (χ2n) is 1.97. The Hall–Kier alpha value is -1.48. The van der Waals surface area contributed by atoms with Gasteiger partial charge in [0.2, 0.25) is 5.91 Å². The van der Waals surface area contributed by atoms with Crippen molar-refractivity contribution in [3.8, 4) is 0 Å². The molecule has 0 bridgehead atoms. The van der Waals surface area contributed by atoms with Gasteiger partial charge in [-0.2, -0.15) is 0 Å². The van der Waals surface area contributed by atoms with E-state index in [-0.39, 0.29) is 5.91 Å². The first kappa shape index (κ1) is 9.52. The van der Waals surface area contributed by atoms with Gasteiger partial charge in [-0.05, 0) is 23.1 Å². The molecule has 5 heteroatoms. The predicted molar refractivity (Wildman–Crippen MR) is 40.6 cm³/mol. The van der Waals surface area contributed by atoms with Crippen molar-refractivity contribution in [3.05, 3.63) is 23.2 Å². The van der Waals surface area contributed by atoms with Crippen LogP contribution in [0.4, 0.5) is 0 Å². The maximum Gasteiger partial charge on any atom is 0.226 e. The van der Waals surface area contributed by atoms with Crippen LogP contribution in [0.3, 0.4) is 0 Å². The van der Waals surface area contributed by atoms with Crippen molar-refractivity contribution in [1.82, 2.24) is 4.90 Å². The lowest BCUT2D eigenvalue weighted by Gasteiger charge is -2.05. The van der Waals surface area contributed by atoms with Crippen LogP contribution >= 0.6 is 0 Å². The topological polar surface area (TPSA) is 80.6 Å². The number of rotatable bonds is 1. The van der Waals surface area contributed by atoms with Gasteiger partial charge in [-0.3, -0.25) is 4.79 Å². The zero-order valence-electron chi connectivity index (χ0n) is 6.16. The second kappa shape index (κ2) is 5.32. The van der Waals surface area contributed by atoms with Crippen LogP contribution in [0.25, 0.3) is 10.4 Å². The van der Waals surface area contributed by atoms with Crippen LogP contribution in [0.5, 0.6) is 0 Å². The third kappa shape index (κ3) is 3.27. The van der Waals surface area contributed by atoms with Crippen LogP contribution in [0, 0.1) is 5.53 Å². The summed E-state index contributed by atoms with van der Waals surface area (Å²) in [4.78, 5) is 14.1. The highest BCUT2D eigenvalue weighted by atomic mass is 16.2. The average molecular weight is 154 g/mol. The van der Waals surface area contributed by atoms with E-state index < -0.39 is 0 Å². The predicted octanol–water partition coefficient (Wildman–Crippen LogP) is 1.63. The lowest BCUT2D eigenvalue weighted by atomic mass is 10.4. The summed E-state index contributed by atoms with van der Waals surface area (Å²) in [5, 5.41) is 0. The Morgan fingerprint density at radius 2 is 2.36 bits per heavy atom. The fraction of sp³-hybridized carbons (Fsp3) is 0.500. The number of nitrogens with zero attached hydrogens (tertiary/aromatic N) is 3. The standard InChI is InChI=1S/C6H9NO.HN3/c1-2-7-5-3-4-6(7)8;1-3-2/h2H,1,3-5H2;1H. The smallest absolute Gasteiger partial charge is 0.226 e. The Balaban J connectivity index is 0.000000292. The highest BCUT2D eigenvalue weighted by Gasteiger charge is 2.15. The Morgan fingerprint density at radius 1 is 1.82 bits per heavy atom.